The number of aromatic nitrogens is 1. The van der Waals surface area contributed by atoms with Crippen LogP contribution in [0.4, 0.5) is 5.13 Å². The van der Waals surface area contributed by atoms with Crippen LogP contribution in [-0.2, 0) is 14.3 Å². The van der Waals surface area contributed by atoms with Gasteiger partial charge in [-0.3, -0.25) is 14.9 Å². The van der Waals surface area contributed by atoms with Crippen molar-refractivity contribution in [3.05, 3.63) is 10.6 Å². The Hall–Kier alpha value is -2.29. The number of esters is 1. The Labute approximate surface area is 131 Å². The fraction of sp³-hybridized carbons (Fsp3) is 0.462. The SMILES string of the molecule is CCOC(=O)c1sc(NC(=O)C2=NN(C)C(=O)CC2)nc1C. The topological polar surface area (TPSA) is 101 Å². The second-order valence-corrected chi connectivity index (χ2v) is 5.57. The van der Waals surface area contributed by atoms with Gasteiger partial charge in [0.2, 0.25) is 5.91 Å². The van der Waals surface area contributed by atoms with E-state index in [9.17, 15) is 14.4 Å². The fourth-order valence-electron chi connectivity index (χ4n) is 1.84. The fourth-order valence-corrected chi connectivity index (χ4v) is 2.69. The van der Waals surface area contributed by atoms with Gasteiger partial charge in [0.25, 0.3) is 5.91 Å². The molecule has 2 amide bonds. The van der Waals surface area contributed by atoms with Gasteiger partial charge in [-0.2, -0.15) is 5.10 Å². The molecule has 22 heavy (non-hydrogen) atoms. The summed E-state index contributed by atoms with van der Waals surface area (Å²) in [5, 5.41) is 7.97. The third-order valence-electron chi connectivity index (χ3n) is 2.95. The normalized spacial score (nSPS) is 14.6. The van der Waals surface area contributed by atoms with E-state index in [-0.39, 0.29) is 31.1 Å². The maximum Gasteiger partial charge on any atom is 0.350 e. The molecule has 0 aliphatic carbocycles. The van der Waals surface area contributed by atoms with E-state index in [1.807, 2.05) is 0 Å². The first-order valence-electron chi connectivity index (χ1n) is 6.72. The van der Waals surface area contributed by atoms with Crippen molar-refractivity contribution in [1.29, 1.82) is 0 Å². The Bertz CT molecular complexity index is 652. The van der Waals surface area contributed by atoms with E-state index in [0.717, 1.165) is 16.3 Å². The van der Waals surface area contributed by atoms with Crippen molar-refractivity contribution < 1.29 is 19.1 Å². The zero-order chi connectivity index (χ0) is 16.3. The van der Waals surface area contributed by atoms with Crippen LogP contribution >= 0.6 is 11.3 Å². The minimum Gasteiger partial charge on any atom is -0.462 e. The average molecular weight is 324 g/mol. The number of amides is 2. The number of ether oxygens (including phenoxy) is 1. The number of hydrogen-bond acceptors (Lipinski definition) is 7. The van der Waals surface area contributed by atoms with E-state index in [1.165, 1.54) is 7.05 Å². The van der Waals surface area contributed by atoms with Crippen molar-refractivity contribution >= 4 is 40.0 Å². The summed E-state index contributed by atoms with van der Waals surface area (Å²) < 4.78 is 4.92. The summed E-state index contributed by atoms with van der Waals surface area (Å²) in [6, 6.07) is 0. The van der Waals surface area contributed by atoms with E-state index in [4.69, 9.17) is 4.74 Å². The predicted molar refractivity (Wildman–Crippen MR) is 80.9 cm³/mol. The molecule has 8 nitrogen and oxygen atoms in total. The second-order valence-electron chi connectivity index (χ2n) is 4.57. The number of thiazole rings is 1. The molecule has 0 spiro atoms. The number of anilines is 1. The lowest BCUT2D eigenvalue weighted by atomic mass is 10.1. The number of hydrazone groups is 1. The van der Waals surface area contributed by atoms with E-state index in [1.54, 1.807) is 13.8 Å². The van der Waals surface area contributed by atoms with E-state index < -0.39 is 11.9 Å². The van der Waals surface area contributed by atoms with Gasteiger partial charge >= 0.3 is 5.97 Å². The number of nitrogens with zero attached hydrogens (tertiary/aromatic N) is 3. The van der Waals surface area contributed by atoms with Gasteiger partial charge in [-0.1, -0.05) is 11.3 Å². The van der Waals surface area contributed by atoms with Crippen LogP contribution in [-0.4, -0.2) is 47.1 Å². The number of aryl methyl sites for hydroxylation is 1. The van der Waals surface area contributed by atoms with Gasteiger partial charge in [0.05, 0.1) is 12.3 Å². The maximum atomic E-state index is 12.1. The van der Waals surface area contributed by atoms with Crippen LogP contribution < -0.4 is 5.32 Å². The zero-order valence-corrected chi connectivity index (χ0v) is 13.3. The van der Waals surface area contributed by atoms with Crippen molar-refractivity contribution in [2.24, 2.45) is 5.10 Å². The van der Waals surface area contributed by atoms with Crippen LogP contribution in [0.5, 0.6) is 0 Å². The van der Waals surface area contributed by atoms with Gasteiger partial charge < -0.3 is 4.74 Å². The Morgan fingerprint density at radius 3 is 2.77 bits per heavy atom. The standard InChI is InChI=1S/C13H16N4O4S/c1-4-21-12(20)10-7(2)14-13(22-10)15-11(19)8-5-6-9(18)17(3)16-8/h4-6H2,1-3H3,(H,14,15,19). The molecule has 0 atom stereocenters. The van der Waals surface area contributed by atoms with Gasteiger partial charge in [0, 0.05) is 19.9 Å². The van der Waals surface area contributed by atoms with Crippen molar-refractivity contribution in [3.8, 4) is 0 Å². The Balaban J connectivity index is 2.10. The highest BCUT2D eigenvalue weighted by Gasteiger charge is 2.23. The third-order valence-corrected chi connectivity index (χ3v) is 4.00. The van der Waals surface area contributed by atoms with Crippen LogP contribution in [0.2, 0.25) is 0 Å². The Morgan fingerprint density at radius 2 is 2.14 bits per heavy atom. The molecule has 0 unspecified atom stereocenters. The summed E-state index contributed by atoms with van der Waals surface area (Å²) in [5.41, 5.74) is 0.754. The lowest BCUT2D eigenvalue weighted by Crippen LogP contribution is -2.34. The van der Waals surface area contributed by atoms with Gasteiger partial charge in [-0.05, 0) is 13.8 Å². The molecule has 9 heteroatoms. The first-order valence-corrected chi connectivity index (χ1v) is 7.54. The van der Waals surface area contributed by atoms with Crippen molar-refractivity contribution in [2.75, 3.05) is 19.0 Å². The molecule has 1 aliphatic rings. The maximum absolute atomic E-state index is 12.1. The highest BCUT2D eigenvalue weighted by molar-refractivity contribution is 7.17. The molecule has 1 aliphatic heterocycles. The monoisotopic (exact) mass is 324 g/mol. The highest BCUT2D eigenvalue weighted by atomic mass is 32.1. The van der Waals surface area contributed by atoms with Gasteiger partial charge in [-0.25, -0.2) is 14.8 Å². The molecule has 0 fully saturated rings. The second kappa shape index (κ2) is 6.65. The third kappa shape index (κ3) is 3.48. The molecule has 0 saturated carbocycles. The molecule has 2 heterocycles. The summed E-state index contributed by atoms with van der Waals surface area (Å²) in [6.45, 7) is 3.66. The molecule has 1 N–H and O–H groups in total. The van der Waals surface area contributed by atoms with E-state index in [2.05, 4.69) is 15.4 Å². The molecule has 118 valence electrons. The minimum atomic E-state index is -0.460. The van der Waals surface area contributed by atoms with Crippen LogP contribution in [0.3, 0.4) is 0 Å². The van der Waals surface area contributed by atoms with Crippen molar-refractivity contribution in [2.45, 2.75) is 26.7 Å². The Morgan fingerprint density at radius 1 is 1.41 bits per heavy atom. The minimum absolute atomic E-state index is 0.133. The van der Waals surface area contributed by atoms with Crippen LogP contribution in [0, 0.1) is 6.92 Å². The van der Waals surface area contributed by atoms with Gasteiger partial charge in [0.15, 0.2) is 5.13 Å². The molecule has 0 saturated heterocycles. The van der Waals surface area contributed by atoms with Crippen LogP contribution in [0.15, 0.2) is 5.10 Å². The van der Waals surface area contributed by atoms with Crippen molar-refractivity contribution in [1.82, 2.24) is 9.99 Å². The van der Waals surface area contributed by atoms with Gasteiger partial charge in [-0.15, -0.1) is 0 Å². The Kier molecular flexibility index (Phi) is 4.86. The summed E-state index contributed by atoms with van der Waals surface area (Å²) in [5.74, 6) is -1.02. The number of carbonyl (C=O) groups is 3. The first kappa shape index (κ1) is 16.1. The first-order chi connectivity index (χ1) is 10.4. The number of carbonyl (C=O) groups excluding carboxylic acids is 3. The number of nitrogens with one attached hydrogen (secondary N) is 1. The largest absolute Gasteiger partial charge is 0.462 e. The lowest BCUT2D eigenvalue weighted by molar-refractivity contribution is -0.130. The quantitative estimate of drug-likeness (QED) is 0.838. The van der Waals surface area contributed by atoms with Gasteiger partial charge in [0.1, 0.15) is 10.6 Å². The molecule has 0 aromatic carbocycles. The summed E-state index contributed by atoms with van der Waals surface area (Å²) in [6.07, 6.45) is 0.526. The van der Waals surface area contributed by atoms with Crippen LogP contribution in [0.25, 0.3) is 0 Å². The molecular weight excluding hydrogens is 308 g/mol. The van der Waals surface area contributed by atoms with Crippen molar-refractivity contribution in [3.63, 3.8) is 0 Å². The average Bonchev–Trinajstić information content (AvgIpc) is 2.82. The summed E-state index contributed by atoms with van der Waals surface area (Å²) >= 11 is 1.05. The number of hydrogen-bond donors (Lipinski definition) is 1. The zero-order valence-electron chi connectivity index (χ0n) is 12.5. The molecule has 0 radical (unpaired) electrons. The smallest absolute Gasteiger partial charge is 0.350 e. The molecule has 2 rings (SSSR count). The van der Waals surface area contributed by atoms with Crippen LogP contribution in [0.1, 0.15) is 35.1 Å². The lowest BCUT2D eigenvalue weighted by Gasteiger charge is -2.18. The molecule has 0 bridgehead atoms. The predicted octanol–water partition coefficient (Wildman–Crippen LogP) is 1.17. The van der Waals surface area contributed by atoms with E-state index in [0.29, 0.717) is 15.7 Å². The summed E-state index contributed by atoms with van der Waals surface area (Å²) in [7, 11) is 1.50. The highest BCUT2D eigenvalue weighted by Crippen LogP contribution is 2.23. The van der Waals surface area contributed by atoms with E-state index >= 15 is 0 Å². The summed E-state index contributed by atoms with van der Waals surface area (Å²) in [4.78, 5) is 39.6. The number of rotatable bonds is 4. The molecular formula is C13H16N4O4S. The molecule has 1 aromatic heterocycles. The molecule has 1 aromatic rings.